The Morgan fingerprint density at radius 2 is 1.79 bits per heavy atom. The number of rotatable bonds is 6. The number of ether oxygens (including phenoxy) is 2. The van der Waals surface area contributed by atoms with Gasteiger partial charge in [0.05, 0.1) is 24.8 Å². The van der Waals surface area contributed by atoms with E-state index in [1.807, 2.05) is 6.07 Å². The quantitative estimate of drug-likeness (QED) is 0.630. The highest BCUT2D eigenvalue weighted by Gasteiger charge is 2.36. The van der Waals surface area contributed by atoms with Crippen molar-refractivity contribution in [3.05, 3.63) is 57.4 Å². The van der Waals surface area contributed by atoms with Crippen molar-refractivity contribution in [3.8, 4) is 11.5 Å². The molecule has 0 aromatic heterocycles. The molecule has 1 aliphatic heterocycles. The molecular weight excluding hydrogens is 460 g/mol. The first-order valence-electron chi connectivity index (χ1n) is 8.44. The molecule has 150 valence electrons. The minimum atomic E-state index is -0.524. The lowest BCUT2D eigenvalue weighted by Crippen LogP contribution is -2.36. The highest BCUT2D eigenvalue weighted by Crippen LogP contribution is 2.33. The van der Waals surface area contributed by atoms with E-state index in [2.05, 4.69) is 21.2 Å². The van der Waals surface area contributed by atoms with Gasteiger partial charge >= 0.3 is 0 Å². The lowest BCUT2D eigenvalue weighted by molar-refractivity contribution is -0.127. The van der Waals surface area contributed by atoms with Gasteiger partial charge in [-0.3, -0.25) is 19.3 Å². The Morgan fingerprint density at radius 1 is 1.14 bits per heavy atom. The molecule has 0 saturated carbocycles. The van der Waals surface area contributed by atoms with Gasteiger partial charge in [0, 0.05) is 10.5 Å². The van der Waals surface area contributed by atoms with Crippen molar-refractivity contribution in [3.63, 3.8) is 0 Å². The van der Waals surface area contributed by atoms with Crippen molar-refractivity contribution in [2.24, 2.45) is 0 Å². The van der Waals surface area contributed by atoms with Crippen LogP contribution in [-0.4, -0.2) is 42.7 Å². The fraction of sp³-hybridized carbons (Fsp3) is 0.150. The van der Waals surface area contributed by atoms with Crippen molar-refractivity contribution < 1.29 is 23.9 Å². The largest absolute Gasteiger partial charge is 0.497 e. The fourth-order valence-corrected chi connectivity index (χ4v) is 3.82. The zero-order valence-corrected chi connectivity index (χ0v) is 18.0. The zero-order chi connectivity index (χ0) is 21.0. The maximum Gasteiger partial charge on any atom is 0.294 e. The monoisotopic (exact) mass is 476 g/mol. The molecule has 2 aromatic carbocycles. The van der Waals surface area contributed by atoms with Crippen LogP contribution in [-0.2, 0) is 9.59 Å². The molecule has 29 heavy (non-hydrogen) atoms. The normalized spacial score (nSPS) is 15.0. The number of thioether (sulfide) groups is 1. The van der Waals surface area contributed by atoms with Gasteiger partial charge in [-0.1, -0.05) is 12.1 Å². The second-order valence-corrected chi connectivity index (χ2v) is 7.79. The molecule has 1 fully saturated rings. The number of carbonyl (C=O) groups excluding carboxylic acids is 3. The summed E-state index contributed by atoms with van der Waals surface area (Å²) in [7, 11) is 3.05. The van der Waals surface area contributed by atoms with E-state index in [4.69, 9.17) is 9.47 Å². The predicted octanol–water partition coefficient (Wildman–Crippen LogP) is 4.14. The lowest BCUT2D eigenvalue weighted by Gasteiger charge is -2.13. The summed E-state index contributed by atoms with van der Waals surface area (Å²) in [5, 5.41) is 2.18. The Morgan fingerprint density at radius 3 is 2.41 bits per heavy atom. The molecule has 0 spiro atoms. The summed E-state index contributed by atoms with van der Waals surface area (Å²) in [6.45, 7) is -0.370. The van der Waals surface area contributed by atoms with E-state index in [0.717, 1.165) is 16.7 Å². The summed E-state index contributed by atoms with van der Waals surface area (Å²) in [6.07, 6.45) is 1.57. The molecule has 1 aliphatic rings. The van der Waals surface area contributed by atoms with Gasteiger partial charge in [-0.25, -0.2) is 0 Å². The number of nitrogens with zero attached hydrogens (tertiary/aromatic N) is 1. The molecule has 3 rings (SSSR count). The fourth-order valence-electron chi connectivity index (χ4n) is 2.60. The summed E-state index contributed by atoms with van der Waals surface area (Å²) in [5.41, 5.74) is 1.20. The number of nitrogens with one attached hydrogen (secondary N) is 1. The van der Waals surface area contributed by atoms with E-state index in [0.29, 0.717) is 27.2 Å². The van der Waals surface area contributed by atoms with Gasteiger partial charge in [-0.05, 0) is 63.6 Å². The van der Waals surface area contributed by atoms with Crippen molar-refractivity contribution >= 4 is 56.5 Å². The van der Waals surface area contributed by atoms with Crippen molar-refractivity contribution in [2.45, 2.75) is 0 Å². The zero-order valence-electron chi connectivity index (χ0n) is 15.6. The number of halogens is 1. The third kappa shape index (κ3) is 4.99. The van der Waals surface area contributed by atoms with Crippen LogP contribution in [0.2, 0.25) is 0 Å². The number of imide groups is 1. The molecule has 0 aliphatic carbocycles. The van der Waals surface area contributed by atoms with Crippen molar-refractivity contribution in [1.29, 1.82) is 0 Å². The SMILES string of the molecule is COc1cc(/C=C2/SC(=O)N(CC(=O)Nc3ccccc3Br)C2=O)cc(OC)c1. The Labute approximate surface area is 180 Å². The first-order chi connectivity index (χ1) is 13.9. The van der Waals surface area contributed by atoms with Crippen LogP contribution in [0.3, 0.4) is 0 Å². The molecule has 9 heteroatoms. The van der Waals surface area contributed by atoms with Gasteiger partial charge in [-0.15, -0.1) is 0 Å². The molecule has 1 saturated heterocycles. The minimum Gasteiger partial charge on any atom is -0.497 e. The smallest absolute Gasteiger partial charge is 0.294 e. The number of anilines is 1. The van der Waals surface area contributed by atoms with Crippen molar-refractivity contribution in [1.82, 2.24) is 4.90 Å². The molecule has 1 heterocycles. The van der Waals surface area contributed by atoms with Gasteiger partial charge in [-0.2, -0.15) is 0 Å². The number of amides is 3. The third-order valence-corrected chi connectivity index (χ3v) is 5.59. The summed E-state index contributed by atoms with van der Waals surface area (Å²) in [5.74, 6) is 0.123. The predicted molar refractivity (Wildman–Crippen MR) is 115 cm³/mol. The number of methoxy groups -OCH3 is 2. The molecule has 2 aromatic rings. The van der Waals surface area contributed by atoms with E-state index in [1.165, 1.54) is 14.2 Å². The molecule has 3 amide bonds. The van der Waals surface area contributed by atoms with Crippen LogP contribution in [0.25, 0.3) is 6.08 Å². The van der Waals surface area contributed by atoms with E-state index in [1.54, 1.807) is 42.5 Å². The van der Waals surface area contributed by atoms with Gasteiger partial charge in [0.25, 0.3) is 11.1 Å². The molecule has 0 atom stereocenters. The Bertz CT molecular complexity index is 986. The maximum absolute atomic E-state index is 12.6. The van der Waals surface area contributed by atoms with Crippen LogP contribution in [0.5, 0.6) is 11.5 Å². The number of hydrogen-bond acceptors (Lipinski definition) is 6. The second kappa shape index (κ2) is 9.15. The first-order valence-corrected chi connectivity index (χ1v) is 10.0. The van der Waals surface area contributed by atoms with Crippen LogP contribution >= 0.6 is 27.7 Å². The molecule has 0 radical (unpaired) electrons. The van der Waals surface area contributed by atoms with E-state index in [-0.39, 0.29) is 11.4 Å². The van der Waals surface area contributed by atoms with Crippen molar-refractivity contribution in [2.75, 3.05) is 26.1 Å². The molecular formula is C20H17BrN2O5S. The number of benzene rings is 2. The minimum absolute atomic E-state index is 0.221. The van der Waals surface area contributed by atoms with E-state index >= 15 is 0 Å². The summed E-state index contributed by atoms with van der Waals surface area (Å²) >= 11 is 4.12. The van der Waals surface area contributed by atoms with Gasteiger partial charge in [0.1, 0.15) is 18.0 Å². The van der Waals surface area contributed by atoms with E-state index < -0.39 is 17.1 Å². The van der Waals surface area contributed by atoms with Gasteiger partial charge in [0.2, 0.25) is 5.91 Å². The molecule has 0 bridgehead atoms. The second-order valence-electron chi connectivity index (χ2n) is 5.94. The highest BCUT2D eigenvalue weighted by atomic mass is 79.9. The highest BCUT2D eigenvalue weighted by molar-refractivity contribution is 9.10. The van der Waals surface area contributed by atoms with Crippen LogP contribution in [0.1, 0.15) is 5.56 Å². The van der Waals surface area contributed by atoms with Crippen LogP contribution in [0.15, 0.2) is 51.8 Å². The topological polar surface area (TPSA) is 84.9 Å². The lowest BCUT2D eigenvalue weighted by atomic mass is 10.2. The van der Waals surface area contributed by atoms with Crippen LogP contribution < -0.4 is 14.8 Å². The van der Waals surface area contributed by atoms with Gasteiger partial charge in [0.15, 0.2) is 0 Å². The Kier molecular flexibility index (Phi) is 6.60. The first kappa shape index (κ1) is 20.9. The molecule has 7 nitrogen and oxygen atoms in total. The number of carbonyl (C=O) groups is 3. The Balaban J connectivity index is 1.75. The van der Waals surface area contributed by atoms with E-state index in [9.17, 15) is 14.4 Å². The Hall–Kier alpha value is -2.78. The standard InChI is InChI=1S/C20H17BrN2O5S/c1-27-13-7-12(8-14(10-13)28-2)9-17-19(25)23(20(26)29-17)11-18(24)22-16-6-4-3-5-15(16)21/h3-10H,11H2,1-2H3,(H,22,24)/b17-9+. The maximum atomic E-state index is 12.6. The number of para-hydroxylation sites is 1. The van der Waals surface area contributed by atoms with Crippen LogP contribution in [0, 0.1) is 0 Å². The van der Waals surface area contributed by atoms with Crippen LogP contribution in [0.4, 0.5) is 10.5 Å². The number of hydrogen-bond donors (Lipinski definition) is 1. The summed E-state index contributed by atoms with van der Waals surface area (Å²) in [4.78, 5) is 38.4. The average molecular weight is 477 g/mol. The molecule has 0 unspecified atom stereocenters. The summed E-state index contributed by atoms with van der Waals surface area (Å²) < 4.78 is 11.1. The molecule has 1 N–H and O–H groups in total. The summed E-state index contributed by atoms with van der Waals surface area (Å²) in [6, 6.07) is 12.2. The third-order valence-electron chi connectivity index (χ3n) is 3.99. The van der Waals surface area contributed by atoms with Gasteiger partial charge < -0.3 is 14.8 Å². The average Bonchev–Trinajstić information content (AvgIpc) is 2.96.